The van der Waals surface area contributed by atoms with Crippen LogP contribution in [0.4, 0.5) is 0 Å². The quantitative estimate of drug-likeness (QED) is 0.603. The van der Waals surface area contributed by atoms with Gasteiger partial charge in [0.05, 0.1) is 12.5 Å². The number of nitriles is 1. The van der Waals surface area contributed by atoms with Crippen LogP contribution < -0.4 is 0 Å². The van der Waals surface area contributed by atoms with Gasteiger partial charge >= 0.3 is 0 Å². The molecule has 58 valence electrons. The largest absolute Gasteiger partial charge is 0.312 e. The Bertz CT molecular complexity index is 307. The zero-order chi connectivity index (χ0) is 8.81. The summed E-state index contributed by atoms with van der Waals surface area (Å²) >= 11 is 0. The molecule has 0 atom stereocenters. The molecule has 0 unspecified atom stereocenters. The minimum atomic E-state index is 0.373. The van der Waals surface area contributed by atoms with Gasteiger partial charge in [-0.15, -0.1) is 0 Å². The molecule has 0 saturated heterocycles. The fourth-order valence-electron chi connectivity index (χ4n) is 1.05. The van der Waals surface area contributed by atoms with Gasteiger partial charge in [0.2, 0.25) is 6.54 Å². The predicted molar refractivity (Wildman–Crippen MR) is 46.1 cm³/mol. The van der Waals surface area contributed by atoms with Gasteiger partial charge in [0.25, 0.3) is 0 Å². The molecule has 0 fully saturated rings. The molecule has 1 aromatic carbocycles. The molecule has 0 aliphatic heterocycles. The van der Waals surface area contributed by atoms with Gasteiger partial charge < -0.3 is 4.85 Å². The van der Waals surface area contributed by atoms with E-state index >= 15 is 0 Å². The van der Waals surface area contributed by atoms with Crippen LogP contribution in [0.5, 0.6) is 0 Å². The second-order valence-corrected chi connectivity index (χ2v) is 2.42. The van der Waals surface area contributed by atoms with Gasteiger partial charge in [-0.3, -0.25) is 0 Å². The molecule has 0 spiro atoms. The van der Waals surface area contributed by atoms with Crippen molar-refractivity contribution in [3.05, 3.63) is 46.8 Å². The van der Waals surface area contributed by atoms with Crippen LogP contribution in [0.1, 0.15) is 11.1 Å². The lowest BCUT2D eigenvalue weighted by Gasteiger charge is -1.98. The molecular formula is C10H8N2. The van der Waals surface area contributed by atoms with Crippen LogP contribution >= 0.6 is 0 Å². The van der Waals surface area contributed by atoms with E-state index in [2.05, 4.69) is 10.9 Å². The highest BCUT2D eigenvalue weighted by atomic mass is 14.6. The highest BCUT2D eigenvalue weighted by Gasteiger charge is 2.01. The smallest absolute Gasteiger partial charge is 0.240 e. The number of benzene rings is 1. The third-order valence-electron chi connectivity index (χ3n) is 1.64. The topological polar surface area (TPSA) is 28.1 Å². The van der Waals surface area contributed by atoms with Gasteiger partial charge in [0.15, 0.2) is 0 Å². The van der Waals surface area contributed by atoms with Crippen LogP contribution in [0.3, 0.4) is 0 Å². The van der Waals surface area contributed by atoms with E-state index in [0.29, 0.717) is 13.0 Å². The summed E-state index contributed by atoms with van der Waals surface area (Å²) in [6.45, 7) is 7.08. The molecule has 0 amide bonds. The molecule has 2 nitrogen and oxygen atoms in total. The third-order valence-corrected chi connectivity index (χ3v) is 1.64. The molecule has 0 N–H and O–H groups in total. The van der Waals surface area contributed by atoms with Crippen molar-refractivity contribution in [3.63, 3.8) is 0 Å². The second kappa shape index (κ2) is 4.16. The Morgan fingerprint density at radius 1 is 1.33 bits per heavy atom. The van der Waals surface area contributed by atoms with Gasteiger partial charge in [-0.1, -0.05) is 24.3 Å². The minimum absolute atomic E-state index is 0.373. The lowest BCUT2D eigenvalue weighted by Crippen LogP contribution is -1.89. The van der Waals surface area contributed by atoms with Gasteiger partial charge in [-0.2, -0.15) is 5.26 Å². The standard InChI is InChI=1S/C10H8N2/c1-12-8-10-5-3-2-4-9(10)6-7-11/h2-5H,6,8H2. The number of nitrogens with zero attached hydrogens (tertiary/aromatic N) is 2. The van der Waals surface area contributed by atoms with Crippen LogP contribution in [0.15, 0.2) is 24.3 Å². The van der Waals surface area contributed by atoms with E-state index in [0.717, 1.165) is 11.1 Å². The van der Waals surface area contributed by atoms with Crippen molar-refractivity contribution < 1.29 is 0 Å². The molecule has 12 heavy (non-hydrogen) atoms. The Morgan fingerprint density at radius 2 is 2.00 bits per heavy atom. The Morgan fingerprint density at radius 3 is 2.58 bits per heavy atom. The fraction of sp³-hybridized carbons (Fsp3) is 0.200. The predicted octanol–water partition coefficient (Wildman–Crippen LogP) is 2.17. The molecule has 2 heteroatoms. The maximum Gasteiger partial charge on any atom is 0.240 e. The normalized spacial score (nSPS) is 8.50. The molecule has 1 aromatic rings. The monoisotopic (exact) mass is 156 g/mol. The molecular weight excluding hydrogens is 148 g/mol. The van der Waals surface area contributed by atoms with E-state index in [1.165, 1.54) is 0 Å². The summed E-state index contributed by atoms with van der Waals surface area (Å²) in [5.41, 5.74) is 1.94. The van der Waals surface area contributed by atoms with Gasteiger partial charge in [-0.05, 0) is 5.56 Å². The van der Waals surface area contributed by atoms with Crippen molar-refractivity contribution in [1.29, 1.82) is 5.26 Å². The van der Waals surface area contributed by atoms with E-state index < -0.39 is 0 Å². The lowest BCUT2D eigenvalue weighted by atomic mass is 10.1. The highest BCUT2D eigenvalue weighted by Crippen LogP contribution is 2.09. The molecule has 0 saturated carbocycles. The van der Waals surface area contributed by atoms with Crippen molar-refractivity contribution >= 4 is 0 Å². The van der Waals surface area contributed by atoms with Crippen molar-refractivity contribution in [2.75, 3.05) is 0 Å². The third kappa shape index (κ3) is 1.84. The van der Waals surface area contributed by atoms with Crippen LogP contribution in [-0.2, 0) is 13.0 Å². The van der Waals surface area contributed by atoms with E-state index in [9.17, 15) is 0 Å². The van der Waals surface area contributed by atoms with Crippen LogP contribution in [0.25, 0.3) is 4.85 Å². The summed E-state index contributed by atoms with van der Waals surface area (Å²) in [6.07, 6.45) is 0.395. The van der Waals surface area contributed by atoms with Gasteiger partial charge in [-0.25, -0.2) is 6.57 Å². The maximum absolute atomic E-state index is 8.48. The van der Waals surface area contributed by atoms with Crippen LogP contribution in [0, 0.1) is 17.9 Å². The summed E-state index contributed by atoms with van der Waals surface area (Å²) < 4.78 is 0. The average molecular weight is 156 g/mol. The van der Waals surface area contributed by atoms with Gasteiger partial charge in [0, 0.05) is 5.56 Å². The molecule has 0 aliphatic carbocycles. The van der Waals surface area contributed by atoms with Crippen LogP contribution in [-0.4, -0.2) is 0 Å². The highest BCUT2D eigenvalue weighted by molar-refractivity contribution is 5.30. The minimum Gasteiger partial charge on any atom is -0.312 e. The Kier molecular flexibility index (Phi) is 2.87. The molecule has 0 aliphatic rings. The van der Waals surface area contributed by atoms with Crippen molar-refractivity contribution in [3.8, 4) is 6.07 Å². The first kappa shape index (κ1) is 8.30. The molecule has 0 heterocycles. The fourth-order valence-corrected chi connectivity index (χ4v) is 1.05. The Hall–Kier alpha value is -1.80. The lowest BCUT2D eigenvalue weighted by molar-refractivity contribution is 1.15. The Labute approximate surface area is 71.9 Å². The van der Waals surface area contributed by atoms with E-state index in [4.69, 9.17) is 11.8 Å². The second-order valence-electron chi connectivity index (χ2n) is 2.42. The number of rotatable bonds is 2. The first-order chi connectivity index (χ1) is 5.88. The Balaban J connectivity index is 2.95. The van der Waals surface area contributed by atoms with Gasteiger partial charge in [0.1, 0.15) is 0 Å². The number of hydrogen-bond acceptors (Lipinski definition) is 1. The van der Waals surface area contributed by atoms with Crippen molar-refractivity contribution in [2.24, 2.45) is 0 Å². The summed E-state index contributed by atoms with van der Waals surface area (Å²) in [6, 6.07) is 9.65. The van der Waals surface area contributed by atoms with Crippen LogP contribution in [0.2, 0.25) is 0 Å². The first-order valence-corrected chi connectivity index (χ1v) is 3.65. The summed E-state index contributed by atoms with van der Waals surface area (Å²) in [4.78, 5) is 3.29. The molecule has 0 bridgehead atoms. The summed E-state index contributed by atoms with van der Waals surface area (Å²) in [5, 5.41) is 8.48. The van der Waals surface area contributed by atoms with E-state index in [1.807, 2.05) is 24.3 Å². The number of hydrogen-bond donors (Lipinski definition) is 0. The summed E-state index contributed by atoms with van der Waals surface area (Å²) in [5.74, 6) is 0. The first-order valence-electron chi connectivity index (χ1n) is 3.65. The van der Waals surface area contributed by atoms with Crippen molar-refractivity contribution in [1.82, 2.24) is 0 Å². The molecule has 1 rings (SSSR count). The van der Waals surface area contributed by atoms with E-state index in [1.54, 1.807) is 0 Å². The van der Waals surface area contributed by atoms with E-state index in [-0.39, 0.29) is 0 Å². The maximum atomic E-state index is 8.48. The molecule has 0 radical (unpaired) electrons. The SMILES string of the molecule is [C-]#[N+]Cc1ccccc1CC#N. The summed E-state index contributed by atoms with van der Waals surface area (Å²) in [7, 11) is 0. The van der Waals surface area contributed by atoms with Crippen molar-refractivity contribution in [2.45, 2.75) is 13.0 Å². The zero-order valence-corrected chi connectivity index (χ0v) is 6.62. The average Bonchev–Trinajstić information content (AvgIpc) is 2.09. The zero-order valence-electron chi connectivity index (χ0n) is 6.62. The molecule has 0 aromatic heterocycles.